The predicted molar refractivity (Wildman–Crippen MR) is 86.5 cm³/mol. The molecule has 1 atom stereocenters. The summed E-state index contributed by atoms with van der Waals surface area (Å²) in [5.41, 5.74) is 6.34. The van der Waals surface area contributed by atoms with E-state index >= 15 is 0 Å². The Labute approximate surface area is 134 Å². The lowest BCUT2D eigenvalue weighted by Crippen LogP contribution is -2.26. The van der Waals surface area contributed by atoms with Crippen LogP contribution >= 0.6 is 15.9 Å². The number of carbonyl (C=O) groups is 1. The summed E-state index contributed by atoms with van der Waals surface area (Å²) in [7, 11) is 0. The predicted octanol–water partition coefficient (Wildman–Crippen LogP) is 2.46. The molecule has 5 nitrogen and oxygen atoms in total. The molecule has 1 aromatic rings. The molecule has 1 aromatic carbocycles. The Bertz CT molecular complexity index is 480. The fourth-order valence-electron chi connectivity index (χ4n) is 1.69. The normalized spacial score (nSPS) is 12.0. The number of benzene rings is 1. The van der Waals surface area contributed by atoms with Crippen molar-refractivity contribution in [2.24, 2.45) is 11.7 Å². The first kappa shape index (κ1) is 17.8. The summed E-state index contributed by atoms with van der Waals surface area (Å²) < 4.78 is 12.1. The molecular weight excluding hydrogens is 336 g/mol. The van der Waals surface area contributed by atoms with Gasteiger partial charge in [-0.15, -0.1) is 0 Å². The number of hydrogen-bond acceptors (Lipinski definition) is 4. The third-order valence-corrected chi connectivity index (χ3v) is 3.50. The Kier molecular flexibility index (Phi) is 7.53. The Morgan fingerprint density at radius 1 is 1.38 bits per heavy atom. The maximum absolute atomic E-state index is 11.1. The number of nitrogens with one attached hydrogen (secondary N) is 1. The second-order valence-electron chi connectivity index (χ2n) is 4.73. The van der Waals surface area contributed by atoms with Crippen LogP contribution in [0.5, 0.6) is 11.5 Å². The number of primary amides is 1. The van der Waals surface area contributed by atoms with Gasteiger partial charge in [-0.05, 0) is 47.1 Å². The highest BCUT2D eigenvalue weighted by atomic mass is 79.9. The first-order chi connectivity index (χ1) is 9.99. The molecule has 0 bridgehead atoms. The number of ether oxygens (including phenoxy) is 2. The standard InChI is InChI=1S/C15H23BrN2O3/c1-4-18-8-11-6-12(16)14(13(7-11)20-5-2)21-9-10(3)15(17)19/h6-7,10,18H,4-5,8-9H2,1-3H3,(H2,17,19). The molecule has 0 radical (unpaired) electrons. The molecule has 0 heterocycles. The van der Waals surface area contributed by atoms with Crippen LogP contribution in [-0.2, 0) is 11.3 Å². The first-order valence-corrected chi connectivity index (χ1v) is 7.86. The molecule has 3 N–H and O–H groups in total. The number of amides is 1. The van der Waals surface area contributed by atoms with Gasteiger partial charge in [0.25, 0.3) is 0 Å². The van der Waals surface area contributed by atoms with Gasteiger partial charge in [0, 0.05) is 6.54 Å². The van der Waals surface area contributed by atoms with Crippen LogP contribution in [0.15, 0.2) is 16.6 Å². The van der Waals surface area contributed by atoms with Gasteiger partial charge in [-0.25, -0.2) is 0 Å². The highest BCUT2D eigenvalue weighted by Gasteiger charge is 2.15. The van der Waals surface area contributed by atoms with Gasteiger partial charge >= 0.3 is 0 Å². The van der Waals surface area contributed by atoms with Crippen molar-refractivity contribution in [3.05, 3.63) is 22.2 Å². The molecule has 0 aliphatic carbocycles. The van der Waals surface area contributed by atoms with Crippen molar-refractivity contribution in [1.82, 2.24) is 5.32 Å². The van der Waals surface area contributed by atoms with E-state index in [2.05, 4.69) is 28.2 Å². The van der Waals surface area contributed by atoms with E-state index in [1.165, 1.54) is 0 Å². The average molecular weight is 359 g/mol. The van der Waals surface area contributed by atoms with E-state index in [9.17, 15) is 4.79 Å². The SMILES string of the molecule is CCNCc1cc(Br)c(OCC(C)C(N)=O)c(OCC)c1. The maximum atomic E-state index is 11.1. The highest BCUT2D eigenvalue weighted by molar-refractivity contribution is 9.10. The van der Waals surface area contributed by atoms with Crippen LogP contribution in [0.1, 0.15) is 26.3 Å². The minimum Gasteiger partial charge on any atom is -0.490 e. The van der Waals surface area contributed by atoms with E-state index in [1.54, 1.807) is 6.92 Å². The van der Waals surface area contributed by atoms with Crippen molar-refractivity contribution in [3.63, 3.8) is 0 Å². The van der Waals surface area contributed by atoms with Gasteiger partial charge in [0.05, 0.1) is 23.6 Å². The zero-order valence-electron chi connectivity index (χ0n) is 12.7. The molecule has 6 heteroatoms. The van der Waals surface area contributed by atoms with Crippen molar-refractivity contribution in [1.29, 1.82) is 0 Å². The summed E-state index contributed by atoms with van der Waals surface area (Å²) >= 11 is 3.50. The third-order valence-electron chi connectivity index (χ3n) is 2.91. The van der Waals surface area contributed by atoms with E-state index in [0.717, 1.165) is 23.1 Å². The average Bonchev–Trinajstić information content (AvgIpc) is 2.44. The zero-order chi connectivity index (χ0) is 15.8. The molecule has 1 rings (SSSR count). The number of halogens is 1. The van der Waals surface area contributed by atoms with Crippen LogP contribution in [0.3, 0.4) is 0 Å². The van der Waals surface area contributed by atoms with Crippen LogP contribution < -0.4 is 20.5 Å². The molecule has 118 valence electrons. The molecule has 0 saturated carbocycles. The maximum Gasteiger partial charge on any atom is 0.223 e. The smallest absolute Gasteiger partial charge is 0.223 e. The first-order valence-electron chi connectivity index (χ1n) is 7.07. The summed E-state index contributed by atoms with van der Waals surface area (Å²) in [6, 6.07) is 3.93. The molecule has 0 fully saturated rings. The quantitative estimate of drug-likeness (QED) is 0.710. The van der Waals surface area contributed by atoms with Crippen LogP contribution in [-0.4, -0.2) is 25.7 Å². The van der Waals surface area contributed by atoms with Gasteiger partial charge in [0.2, 0.25) is 5.91 Å². The molecular formula is C15H23BrN2O3. The summed E-state index contributed by atoms with van der Waals surface area (Å²) in [5.74, 6) is 0.530. The van der Waals surface area contributed by atoms with Crippen LogP contribution in [0.25, 0.3) is 0 Å². The minimum absolute atomic E-state index is 0.223. The Balaban J connectivity index is 2.92. The molecule has 0 aliphatic heterocycles. The van der Waals surface area contributed by atoms with Gasteiger partial charge in [-0.3, -0.25) is 4.79 Å². The van der Waals surface area contributed by atoms with Crippen LogP contribution in [0.4, 0.5) is 0 Å². The largest absolute Gasteiger partial charge is 0.490 e. The van der Waals surface area contributed by atoms with Gasteiger partial charge in [0.1, 0.15) is 0 Å². The molecule has 21 heavy (non-hydrogen) atoms. The topological polar surface area (TPSA) is 73.6 Å². The van der Waals surface area contributed by atoms with Gasteiger partial charge in [0.15, 0.2) is 11.5 Å². The Morgan fingerprint density at radius 2 is 2.10 bits per heavy atom. The van der Waals surface area contributed by atoms with E-state index < -0.39 is 0 Å². The Hall–Kier alpha value is -1.27. The van der Waals surface area contributed by atoms with Gasteiger partial charge in [-0.1, -0.05) is 13.8 Å². The van der Waals surface area contributed by atoms with Gasteiger partial charge < -0.3 is 20.5 Å². The summed E-state index contributed by atoms with van der Waals surface area (Å²) in [6.07, 6.45) is 0. The van der Waals surface area contributed by atoms with E-state index in [0.29, 0.717) is 18.1 Å². The van der Waals surface area contributed by atoms with E-state index in [4.69, 9.17) is 15.2 Å². The summed E-state index contributed by atoms with van der Waals surface area (Å²) in [4.78, 5) is 11.1. The second kappa shape index (κ2) is 8.89. The third kappa shape index (κ3) is 5.55. The fourth-order valence-corrected chi connectivity index (χ4v) is 2.29. The van der Waals surface area contributed by atoms with Crippen molar-refractivity contribution < 1.29 is 14.3 Å². The number of carbonyl (C=O) groups excluding carboxylic acids is 1. The summed E-state index contributed by atoms with van der Waals surface area (Å²) in [5, 5.41) is 3.27. The fraction of sp³-hybridized carbons (Fsp3) is 0.533. The molecule has 0 spiro atoms. The molecule has 0 aliphatic rings. The van der Waals surface area contributed by atoms with Crippen molar-refractivity contribution >= 4 is 21.8 Å². The second-order valence-corrected chi connectivity index (χ2v) is 5.59. The molecule has 0 saturated heterocycles. The van der Waals surface area contributed by atoms with E-state index in [-0.39, 0.29) is 18.4 Å². The van der Waals surface area contributed by atoms with Crippen LogP contribution in [0.2, 0.25) is 0 Å². The minimum atomic E-state index is -0.382. The van der Waals surface area contributed by atoms with Crippen molar-refractivity contribution in [2.75, 3.05) is 19.8 Å². The number of nitrogens with two attached hydrogens (primary N) is 1. The lowest BCUT2D eigenvalue weighted by molar-refractivity contribution is -0.122. The van der Waals surface area contributed by atoms with Gasteiger partial charge in [-0.2, -0.15) is 0 Å². The monoisotopic (exact) mass is 358 g/mol. The molecule has 1 amide bonds. The van der Waals surface area contributed by atoms with Crippen molar-refractivity contribution in [2.45, 2.75) is 27.3 Å². The lowest BCUT2D eigenvalue weighted by atomic mass is 10.2. The van der Waals surface area contributed by atoms with Crippen LogP contribution in [0, 0.1) is 5.92 Å². The Morgan fingerprint density at radius 3 is 2.67 bits per heavy atom. The zero-order valence-corrected chi connectivity index (χ0v) is 14.3. The summed E-state index contributed by atoms with van der Waals surface area (Å²) in [6.45, 7) is 8.13. The molecule has 0 aromatic heterocycles. The van der Waals surface area contributed by atoms with E-state index in [1.807, 2.05) is 19.1 Å². The molecule has 1 unspecified atom stereocenters. The van der Waals surface area contributed by atoms with Crippen molar-refractivity contribution in [3.8, 4) is 11.5 Å². The number of hydrogen-bond donors (Lipinski definition) is 2. The number of rotatable bonds is 9. The highest BCUT2D eigenvalue weighted by Crippen LogP contribution is 2.37. The lowest BCUT2D eigenvalue weighted by Gasteiger charge is -2.17.